The molecule has 78 valence electrons. The molecule has 0 spiro atoms. The van der Waals surface area contributed by atoms with Gasteiger partial charge in [-0.05, 0) is 6.07 Å². The lowest BCUT2D eigenvalue weighted by atomic mass is 10.0. The number of para-hydroxylation sites is 1. The number of fused-ring (bicyclic) bond motifs is 3. The highest BCUT2D eigenvalue weighted by molar-refractivity contribution is 5.49. The summed E-state index contributed by atoms with van der Waals surface area (Å²) in [4.78, 5) is 1.46. The summed E-state index contributed by atoms with van der Waals surface area (Å²) < 4.78 is 5.54. The van der Waals surface area contributed by atoms with Gasteiger partial charge in [0.1, 0.15) is 11.8 Å². The standard InChI is InChI=1S/C12H8N2O2/c13-7-14-6-5-9(15)12-11(14)8-3-1-2-4-10(8)16-12/h1-6,11,15H. The zero-order chi connectivity index (χ0) is 11.1. The van der Waals surface area contributed by atoms with Crippen LogP contribution in [0.4, 0.5) is 0 Å². The Kier molecular flexibility index (Phi) is 1.68. The van der Waals surface area contributed by atoms with E-state index in [2.05, 4.69) is 6.19 Å². The van der Waals surface area contributed by atoms with Crippen molar-refractivity contribution in [3.8, 4) is 11.9 Å². The Balaban J connectivity index is 2.18. The zero-order valence-corrected chi connectivity index (χ0v) is 8.29. The number of ether oxygens (including phenoxy) is 1. The Morgan fingerprint density at radius 1 is 1.38 bits per heavy atom. The summed E-state index contributed by atoms with van der Waals surface area (Å²) in [5, 5.41) is 18.7. The van der Waals surface area contributed by atoms with E-state index in [1.807, 2.05) is 24.3 Å². The molecule has 0 amide bonds. The first-order valence-electron chi connectivity index (χ1n) is 4.87. The predicted octanol–water partition coefficient (Wildman–Crippen LogP) is 2.20. The van der Waals surface area contributed by atoms with Gasteiger partial charge in [0.15, 0.2) is 17.7 Å². The van der Waals surface area contributed by atoms with E-state index in [9.17, 15) is 5.11 Å². The molecule has 0 bridgehead atoms. The van der Waals surface area contributed by atoms with Crippen LogP contribution in [0, 0.1) is 11.5 Å². The van der Waals surface area contributed by atoms with E-state index in [1.165, 1.54) is 11.0 Å². The van der Waals surface area contributed by atoms with Gasteiger partial charge in [0.05, 0.1) is 0 Å². The number of nitrogens with zero attached hydrogens (tertiary/aromatic N) is 2. The molecule has 1 atom stereocenters. The SMILES string of the molecule is N#CN1C=CC(O)=C2Oc3ccccc3C21. The number of benzene rings is 1. The lowest BCUT2D eigenvalue weighted by Gasteiger charge is -2.22. The summed E-state index contributed by atoms with van der Waals surface area (Å²) in [5.74, 6) is 1.19. The van der Waals surface area contributed by atoms with Crippen molar-refractivity contribution in [2.75, 3.05) is 0 Å². The largest absolute Gasteiger partial charge is 0.504 e. The van der Waals surface area contributed by atoms with Crippen LogP contribution in [0.15, 0.2) is 48.1 Å². The first-order chi connectivity index (χ1) is 7.81. The molecule has 0 saturated carbocycles. The first-order valence-corrected chi connectivity index (χ1v) is 4.87. The van der Waals surface area contributed by atoms with E-state index in [0.717, 1.165) is 5.56 Å². The van der Waals surface area contributed by atoms with E-state index in [4.69, 9.17) is 10.00 Å². The van der Waals surface area contributed by atoms with Crippen LogP contribution in [0.1, 0.15) is 11.6 Å². The van der Waals surface area contributed by atoms with Crippen LogP contribution < -0.4 is 4.74 Å². The molecule has 0 aliphatic carbocycles. The van der Waals surface area contributed by atoms with Crippen molar-refractivity contribution >= 4 is 0 Å². The highest BCUT2D eigenvalue weighted by atomic mass is 16.5. The number of hydrogen-bond acceptors (Lipinski definition) is 4. The molecule has 2 aliphatic heterocycles. The number of aliphatic hydroxyl groups excluding tert-OH is 1. The minimum absolute atomic E-state index is 0.0766. The number of rotatable bonds is 0. The smallest absolute Gasteiger partial charge is 0.184 e. The van der Waals surface area contributed by atoms with Crippen molar-refractivity contribution in [3.05, 3.63) is 53.6 Å². The second kappa shape index (κ2) is 3.04. The van der Waals surface area contributed by atoms with E-state index in [-0.39, 0.29) is 11.8 Å². The Morgan fingerprint density at radius 2 is 2.19 bits per heavy atom. The molecule has 0 fully saturated rings. The van der Waals surface area contributed by atoms with Gasteiger partial charge in [-0.25, -0.2) is 0 Å². The number of allylic oxidation sites excluding steroid dienone is 1. The van der Waals surface area contributed by atoms with Crippen molar-refractivity contribution in [2.45, 2.75) is 6.04 Å². The molecule has 16 heavy (non-hydrogen) atoms. The summed E-state index contributed by atoms with van der Waals surface area (Å²) in [6, 6.07) is 7.13. The predicted molar refractivity (Wildman–Crippen MR) is 56.1 cm³/mol. The summed E-state index contributed by atoms with van der Waals surface area (Å²) in [6.07, 6.45) is 5.07. The Hall–Kier alpha value is -2.41. The van der Waals surface area contributed by atoms with E-state index in [0.29, 0.717) is 11.5 Å². The third-order valence-electron chi connectivity index (χ3n) is 2.72. The molecule has 2 heterocycles. The second-order valence-corrected chi connectivity index (χ2v) is 3.61. The fourth-order valence-corrected chi connectivity index (χ4v) is 1.99. The minimum Gasteiger partial charge on any atom is -0.504 e. The molecule has 4 heteroatoms. The van der Waals surface area contributed by atoms with Gasteiger partial charge in [0.2, 0.25) is 0 Å². The number of hydrogen-bond donors (Lipinski definition) is 1. The van der Waals surface area contributed by atoms with Crippen LogP contribution in [0.3, 0.4) is 0 Å². The topological polar surface area (TPSA) is 56.5 Å². The van der Waals surface area contributed by atoms with Gasteiger partial charge in [-0.15, -0.1) is 0 Å². The molecular formula is C12H8N2O2. The maximum Gasteiger partial charge on any atom is 0.184 e. The fraction of sp³-hybridized carbons (Fsp3) is 0.0833. The molecule has 0 aromatic heterocycles. The summed E-state index contributed by atoms with van der Waals surface area (Å²) in [6.45, 7) is 0. The first kappa shape index (κ1) is 8.86. The zero-order valence-electron chi connectivity index (χ0n) is 8.29. The maximum atomic E-state index is 9.70. The highest BCUT2D eigenvalue weighted by Crippen LogP contribution is 2.45. The van der Waals surface area contributed by atoms with Crippen molar-refractivity contribution in [2.24, 2.45) is 0 Å². The van der Waals surface area contributed by atoms with Gasteiger partial charge >= 0.3 is 0 Å². The van der Waals surface area contributed by atoms with Crippen LogP contribution in [0.2, 0.25) is 0 Å². The van der Waals surface area contributed by atoms with Crippen LogP contribution in [-0.4, -0.2) is 10.0 Å². The highest BCUT2D eigenvalue weighted by Gasteiger charge is 2.37. The Morgan fingerprint density at radius 3 is 3.00 bits per heavy atom. The molecule has 2 aliphatic rings. The van der Waals surface area contributed by atoms with Crippen molar-refractivity contribution in [3.63, 3.8) is 0 Å². The summed E-state index contributed by atoms with van der Waals surface area (Å²) in [7, 11) is 0. The van der Waals surface area contributed by atoms with E-state index in [1.54, 1.807) is 6.20 Å². The maximum absolute atomic E-state index is 9.70. The summed E-state index contributed by atoms with van der Waals surface area (Å²) >= 11 is 0. The molecule has 4 nitrogen and oxygen atoms in total. The lowest BCUT2D eigenvalue weighted by molar-refractivity contribution is 0.292. The van der Waals surface area contributed by atoms with Gasteiger partial charge in [-0.2, -0.15) is 5.26 Å². The summed E-state index contributed by atoms with van der Waals surface area (Å²) in [5.41, 5.74) is 0.898. The van der Waals surface area contributed by atoms with Gasteiger partial charge in [0, 0.05) is 17.8 Å². The third-order valence-corrected chi connectivity index (χ3v) is 2.72. The van der Waals surface area contributed by atoms with Crippen molar-refractivity contribution < 1.29 is 9.84 Å². The van der Waals surface area contributed by atoms with E-state index >= 15 is 0 Å². The van der Waals surface area contributed by atoms with Crippen LogP contribution in [-0.2, 0) is 0 Å². The molecular weight excluding hydrogens is 204 g/mol. The monoisotopic (exact) mass is 212 g/mol. The molecule has 0 radical (unpaired) electrons. The minimum atomic E-state index is -0.328. The van der Waals surface area contributed by atoms with Crippen LogP contribution in [0.5, 0.6) is 5.75 Å². The third kappa shape index (κ3) is 1.03. The molecule has 1 aromatic rings. The number of aliphatic hydroxyl groups is 1. The van der Waals surface area contributed by atoms with Crippen molar-refractivity contribution in [1.82, 2.24) is 4.90 Å². The number of nitriles is 1. The van der Waals surface area contributed by atoms with Gasteiger partial charge in [-0.3, -0.25) is 4.90 Å². The molecule has 1 N–H and O–H groups in total. The molecule has 3 rings (SSSR count). The van der Waals surface area contributed by atoms with Gasteiger partial charge in [-0.1, -0.05) is 18.2 Å². The average Bonchev–Trinajstić information content (AvgIpc) is 2.70. The Bertz CT molecular complexity index is 554. The second-order valence-electron chi connectivity index (χ2n) is 3.61. The Labute approximate surface area is 92.3 Å². The molecule has 1 aromatic carbocycles. The van der Waals surface area contributed by atoms with Gasteiger partial charge < -0.3 is 9.84 Å². The normalized spacial score (nSPS) is 21.2. The van der Waals surface area contributed by atoms with E-state index < -0.39 is 0 Å². The quantitative estimate of drug-likeness (QED) is 0.670. The molecule has 0 saturated heterocycles. The van der Waals surface area contributed by atoms with Crippen molar-refractivity contribution in [1.29, 1.82) is 5.26 Å². The lowest BCUT2D eigenvalue weighted by Crippen LogP contribution is -2.22. The van der Waals surface area contributed by atoms with Crippen LogP contribution in [0.25, 0.3) is 0 Å². The molecule has 1 unspecified atom stereocenters. The van der Waals surface area contributed by atoms with Crippen LogP contribution >= 0.6 is 0 Å². The fourth-order valence-electron chi connectivity index (χ4n) is 1.99. The van der Waals surface area contributed by atoms with Gasteiger partial charge in [0.25, 0.3) is 0 Å². The average molecular weight is 212 g/mol.